The van der Waals surface area contributed by atoms with Crippen molar-refractivity contribution in [1.82, 2.24) is 77.9 Å². The van der Waals surface area contributed by atoms with Gasteiger partial charge in [0.05, 0.1) is 122 Å². The fraction of sp³-hybridized carbons (Fsp3) is 0.592. The van der Waals surface area contributed by atoms with E-state index < -0.39 is 86.4 Å². The van der Waals surface area contributed by atoms with E-state index >= 15 is 0 Å². The van der Waals surface area contributed by atoms with Gasteiger partial charge in [-0.3, -0.25) is 18.3 Å². The Morgan fingerprint density at radius 2 is 1.16 bits per heavy atom. The number of nitriles is 1. The van der Waals surface area contributed by atoms with Crippen LogP contribution in [-0.2, 0) is 64.8 Å². The molecule has 8 aromatic rings. The number of fused-ring (bicyclic) bond motifs is 12. The third kappa shape index (κ3) is 17.1. The van der Waals surface area contributed by atoms with Gasteiger partial charge in [-0.05, 0) is 25.1 Å². The Morgan fingerprint density at radius 1 is 0.661 bits per heavy atom. The van der Waals surface area contributed by atoms with Gasteiger partial charge < -0.3 is 98.7 Å². The van der Waals surface area contributed by atoms with Crippen LogP contribution in [0.25, 0.3) is 33.5 Å². The van der Waals surface area contributed by atoms with Crippen LogP contribution in [0.15, 0.2) is 87.8 Å². The predicted molar refractivity (Wildman–Crippen MR) is 416 cm³/mol. The van der Waals surface area contributed by atoms with Crippen LogP contribution in [0.5, 0.6) is 0 Å². The van der Waals surface area contributed by atoms with Crippen molar-refractivity contribution in [3.8, 4) is 6.07 Å². The van der Waals surface area contributed by atoms with Crippen LogP contribution in [0.3, 0.4) is 0 Å². The van der Waals surface area contributed by atoms with Crippen molar-refractivity contribution in [2.75, 3.05) is 91.2 Å². The number of rotatable bonds is 20. The molecule has 17 rings (SSSR count). The predicted octanol–water partition coefficient (Wildman–Crippen LogP) is 6.40. The second-order valence-electron chi connectivity index (χ2n) is 27.5. The molecule has 8 saturated heterocycles. The maximum Gasteiger partial charge on any atom is 0.310 e. The van der Waals surface area contributed by atoms with Gasteiger partial charge in [-0.2, -0.15) is 25.2 Å². The number of nitrogens with two attached hydrogens (primary N) is 2. The van der Waals surface area contributed by atoms with Crippen LogP contribution < -0.4 is 16.8 Å². The van der Waals surface area contributed by atoms with Gasteiger partial charge in [0.25, 0.3) is 5.95 Å². The van der Waals surface area contributed by atoms with Crippen molar-refractivity contribution in [2.24, 2.45) is 19.7 Å². The summed E-state index contributed by atoms with van der Waals surface area (Å²) in [6.45, 7) is 17.9. The lowest BCUT2D eigenvalue weighted by Crippen LogP contribution is -2.44. The normalized spacial score (nSPS) is 29.3. The number of imidazole rings is 4. The molecule has 39 nitrogen and oxygen atoms in total. The van der Waals surface area contributed by atoms with Crippen molar-refractivity contribution in [3.63, 3.8) is 0 Å². The summed E-state index contributed by atoms with van der Waals surface area (Å²) in [4.78, 5) is 58.6. The zero-order chi connectivity index (χ0) is 78.2. The van der Waals surface area contributed by atoms with E-state index in [9.17, 15) is 20.4 Å². The summed E-state index contributed by atoms with van der Waals surface area (Å²) in [5, 5.41) is 51.7. The molecule has 0 aliphatic carbocycles. The summed E-state index contributed by atoms with van der Waals surface area (Å²) >= 11 is 6.16. The Hall–Kier alpha value is -8.63. The summed E-state index contributed by atoms with van der Waals surface area (Å²) in [7, 11) is 5.87. The molecule has 8 bridgehead atoms. The van der Waals surface area contributed by atoms with Crippen molar-refractivity contribution in [2.45, 2.75) is 198 Å². The number of hydrogen-bond acceptors (Lipinski definition) is 33. The maximum absolute atomic E-state index is 10.3. The standard InChI is InChI=1S/C19H20ClN5O3.C19H27N8O4P.C14H18N6O4.C11H13N5O4.2C3H8.2CH4/c1-2-19-9-27-13(14(19)26-8-11-6-4-3-5-7-11)17(28-19)25-10-22-12-15(20)23-18(21)24-16(12)25;1-5-19-10-28-14(15(19)31-32(21-2)29-8-6-7-20)17(30-19)27-12-23-13-9-22-18(25-16(13)27)24-11-26(3)4;1-19(2)6-17-13-15-3-8-11(18-13)20(7-16-8)12-9-10(22)14(4-21,24-12)5-23-9;12-10-13-1-5-8(15-10)16(4-14-5)9-6-7(18)11(2-17,20-9)3-19-6;2*1-3-2;;/h3-7,10,13-14,17H,2,8-9H2,1H3,(H2,21,23,24);11-12,14-15,17H,2,5-6,8-10H2,1,3-4H3,(H,22,25);3,6-7,9-10,12,21-22H,4-5H2,1-2H3;1,4,6-7,9,17-18H,2-3H2,(H2,12,13,15);2*3H2,1-2H3;2*1H4/t13-,14?,17+,19-;14-,15?,17+,19-,32?;9-,10?,12+,14-;6-,7?,9+,11-;;;;/m0000..../s1. The van der Waals surface area contributed by atoms with Crippen LogP contribution in [0.4, 0.5) is 23.7 Å². The molecule has 0 saturated carbocycles. The molecule has 0 amide bonds. The number of hydrogen-bond donors (Lipinski definition) is 7. The van der Waals surface area contributed by atoms with E-state index in [1.807, 2.05) is 81.0 Å². The highest BCUT2D eigenvalue weighted by Gasteiger charge is 2.66. The van der Waals surface area contributed by atoms with Gasteiger partial charge in [0, 0.05) is 28.2 Å². The second-order valence-corrected chi connectivity index (χ2v) is 29.1. The van der Waals surface area contributed by atoms with E-state index in [2.05, 4.69) is 116 Å². The first-order valence-electron chi connectivity index (χ1n) is 36.1. The molecule has 17 atom stereocenters. The molecule has 9 aliphatic rings. The number of aromatic nitrogens is 14. The highest BCUT2D eigenvalue weighted by molar-refractivity contribution is 7.45. The molecule has 0 radical (unpaired) electrons. The monoisotopic (exact) mass is 1600 g/mol. The number of aliphatic imine (C=N–C) groups is 3. The van der Waals surface area contributed by atoms with Crippen LogP contribution in [0, 0.1) is 11.3 Å². The zero-order valence-electron chi connectivity index (χ0n) is 62.7. The van der Waals surface area contributed by atoms with E-state index in [4.69, 9.17) is 80.0 Å². The first-order valence-corrected chi connectivity index (χ1v) is 37.6. The van der Waals surface area contributed by atoms with Crippen molar-refractivity contribution in [1.29, 1.82) is 5.26 Å². The number of nitrogen functional groups attached to an aromatic ring is 2. The first-order chi connectivity index (χ1) is 53.1. The van der Waals surface area contributed by atoms with E-state index in [1.54, 1.807) is 56.5 Å². The number of ether oxygens (including phenoxy) is 9. The highest BCUT2D eigenvalue weighted by atomic mass is 35.5. The summed E-state index contributed by atoms with van der Waals surface area (Å²) in [6.07, 6.45) is 10.7. The SMILES string of the molecule is C.C.C=NP(OCCC#N)OC1[C@@H]2OC[C@]1(CC)O[C@H]2n1cnc2c1NC(N=CN(C)C)=NC2.CCC.CCC.CC[C@]12CO[C@@H](C1OCc1ccccc1)[C@H](n1cnc3c(Cl)nc(N)nc31)O2.CN(C)C=Nc1ncc2ncn([C@@H]3O[C@@]4(CO)CO[C@H]3C4O)c2n1.Nc1ncc2ncn([C@@H]3O[C@@]4(CO)CO[C@H]3C4O)c2n1. The summed E-state index contributed by atoms with van der Waals surface area (Å²) in [5.74, 6) is 1.78. The Bertz CT molecular complexity index is 4590. The van der Waals surface area contributed by atoms with Gasteiger partial charge in [0.2, 0.25) is 17.9 Å². The zero-order valence-corrected chi connectivity index (χ0v) is 64.3. The molecule has 9 N–H and O–H groups in total. The van der Waals surface area contributed by atoms with E-state index in [-0.39, 0.29) is 89.7 Å². The lowest BCUT2D eigenvalue weighted by Gasteiger charge is -2.31. The van der Waals surface area contributed by atoms with Crippen molar-refractivity contribution >= 4 is 103 Å². The molecule has 0 spiro atoms. The third-order valence-corrected chi connectivity index (χ3v) is 20.4. The molecular formula is C71H102ClN24O15P. The number of aliphatic hydroxyl groups is 4. The fourth-order valence-corrected chi connectivity index (χ4v) is 14.8. The molecule has 16 heterocycles. The number of halogens is 1. The Kier molecular flexibility index (Phi) is 28.4. The molecule has 7 aromatic heterocycles. The minimum Gasteiger partial charge on any atom is -0.393 e. The van der Waals surface area contributed by atoms with E-state index in [1.165, 1.54) is 25.4 Å². The Balaban J connectivity index is 0.000000155. The quantitative estimate of drug-likeness (QED) is 0.0143. The van der Waals surface area contributed by atoms with Gasteiger partial charge in [0.15, 0.2) is 47.0 Å². The summed E-state index contributed by atoms with van der Waals surface area (Å²) in [6, 6.07) is 12.1. The van der Waals surface area contributed by atoms with Crippen LogP contribution in [0.2, 0.25) is 5.15 Å². The topological polar surface area (TPSA) is 475 Å². The second kappa shape index (κ2) is 37.1. The Labute approximate surface area is 654 Å². The first kappa shape index (κ1) is 85.8. The average Bonchev–Trinajstić information content (AvgIpc) is 1.59. The molecule has 8 fully saturated rings. The smallest absolute Gasteiger partial charge is 0.310 e. The number of guanidine groups is 1. The maximum atomic E-state index is 10.3. The van der Waals surface area contributed by atoms with Gasteiger partial charge >= 0.3 is 8.53 Å². The van der Waals surface area contributed by atoms with Crippen molar-refractivity contribution < 1.29 is 72.1 Å². The minimum atomic E-state index is -1.62. The lowest BCUT2D eigenvalue weighted by molar-refractivity contribution is -0.185. The molecule has 41 heteroatoms. The molecule has 1 aromatic carbocycles. The number of nitrogens with one attached hydrogen (secondary N) is 1. The molecule has 5 unspecified atom stereocenters. The van der Waals surface area contributed by atoms with Crippen LogP contribution in [0.1, 0.15) is 125 Å². The van der Waals surface area contributed by atoms with Gasteiger partial charge in [-0.25, -0.2) is 49.6 Å². The minimum absolute atomic E-state index is 0. The fourth-order valence-electron chi connectivity index (χ4n) is 13.7. The van der Waals surface area contributed by atoms with Crippen LogP contribution >= 0.6 is 20.1 Å². The van der Waals surface area contributed by atoms with Crippen molar-refractivity contribution in [3.05, 3.63) is 84.4 Å². The van der Waals surface area contributed by atoms with Gasteiger partial charge in [-0.1, -0.05) is 111 Å². The lowest BCUT2D eigenvalue weighted by atomic mass is 9.96. The molecule has 9 aliphatic heterocycles. The summed E-state index contributed by atoms with van der Waals surface area (Å²) < 4.78 is 77.0. The molecule has 112 heavy (non-hydrogen) atoms. The highest BCUT2D eigenvalue weighted by Crippen LogP contribution is 2.56. The number of benzene rings is 1. The largest absolute Gasteiger partial charge is 0.393 e. The van der Waals surface area contributed by atoms with E-state index in [0.29, 0.717) is 78.2 Å². The number of anilines is 3. The van der Waals surface area contributed by atoms with Gasteiger partial charge in [-0.15, -0.1) is 0 Å². The van der Waals surface area contributed by atoms with Gasteiger partial charge in [0.1, 0.15) is 99.3 Å². The molecular weight excluding hydrogens is 1500 g/mol. The Morgan fingerprint density at radius 3 is 1.73 bits per heavy atom. The third-order valence-electron chi connectivity index (χ3n) is 19.1. The van der Waals surface area contributed by atoms with Crippen LogP contribution in [-0.4, -0.2) is 269 Å². The molecule has 608 valence electrons. The summed E-state index contributed by atoms with van der Waals surface area (Å²) in [5.41, 5.74) is 13.1. The number of nitrogens with zero attached hydrogens (tertiary/aromatic N) is 21. The van der Waals surface area contributed by atoms with E-state index in [0.717, 1.165) is 23.5 Å². The average molecular weight is 1600 g/mol. The number of aliphatic hydroxyl groups excluding tert-OH is 4.